The molecule has 0 unspecified atom stereocenters. The first kappa shape index (κ1) is 11.3. The molecule has 0 saturated heterocycles. The Labute approximate surface area is 96.1 Å². The van der Waals surface area contributed by atoms with Gasteiger partial charge in [-0.05, 0) is 0 Å². The number of methoxy groups -OCH3 is 1. The van der Waals surface area contributed by atoms with E-state index in [2.05, 4.69) is 15.1 Å². The highest BCUT2D eigenvalue weighted by atomic mass is 16.5. The number of hydrogen-bond donors (Lipinski definition) is 2. The fraction of sp³-hybridized carbons (Fsp3) is 0.300. The summed E-state index contributed by atoms with van der Waals surface area (Å²) in [5, 5.41) is 4.09. The fourth-order valence-electron chi connectivity index (χ4n) is 1.43. The molecule has 7 nitrogen and oxygen atoms in total. The third-order valence-corrected chi connectivity index (χ3v) is 2.29. The van der Waals surface area contributed by atoms with Gasteiger partial charge in [0.15, 0.2) is 0 Å². The predicted molar refractivity (Wildman–Crippen MR) is 60.8 cm³/mol. The van der Waals surface area contributed by atoms with E-state index in [1.807, 2.05) is 0 Å². The molecular formula is C10H12N4O3. The van der Waals surface area contributed by atoms with Crippen LogP contribution in [0.1, 0.15) is 0 Å². The molecule has 0 fully saturated rings. The van der Waals surface area contributed by atoms with E-state index in [4.69, 9.17) is 4.74 Å². The van der Waals surface area contributed by atoms with Crippen LogP contribution in [0.5, 0.6) is 0 Å². The molecular weight excluding hydrogens is 224 g/mol. The molecule has 0 bridgehead atoms. The summed E-state index contributed by atoms with van der Waals surface area (Å²) >= 11 is 0. The Bertz CT molecular complexity index is 610. The third kappa shape index (κ3) is 2.51. The largest absolute Gasteiger partial charge is 0.383 e. The van der Waals surface area contributed by atoms with Gasteiger partial charge in [-0.25, -0.2) is 4.79 Å². The summed E-state index contributed by atoms with van der Waals surface area (Å²) in [6.45, 7) is 1.15. The summed E-state index contributed by atoms with van der Waals surface area (Å²) in [7, 11) is 1.61. The van der Waals surface area contributed by atoms with Gasteiger partial charge in [0.25, 0.3) is 5.56 Å². The molecule has 90 valence electrons. The molecule has 2 aromatic rings. The van der Waals surface area contributed by atoms with Crippen molar-refractivity contribution in [1.82, 2.24) is 19.7 Å². The smallest absolute Gasteiger partial charge is 0.325 e. The lowest BCUT2D eigenvalue weighted by atomic mass is 10.2. The van der Waals surface area contributed by atoms with E-state index in [-0.39, 0.29) is 0 Å². The Hall–Kier alpha value is -2.15. The summed E-state index contributed by atoms with van der Waals surface area (Å²) in [5.41, 5.74) is 0.0810. The van der Waals surface area contributed by atoms with Gasteiger partial charge in [0.1, 0.15) is 0 Å². The molecule has 2 aromatic heterocycles. The van der Waals surface area contributed by atoms with E-state index in [0.717, 1.165) is 0 Å². The Balaban J connectivity index is 2.30. The second-order valence-corrected chi connectivity index (χ2v) is 3.47. The zero-order valence-corrected chi connectivity index (χ0v) is 9.27. The maximum Gasteiger partial charge on any atom is 0.325 e. The molecule has 0 radical (unpaired) electrons. The average Bonchev–Trinajstić information content (AvgIpc) is 2.75. The second-order valence-electron chi connectivity index (χ2n) is 3.47. The Morgan fingerprint density at radius 1 is 1.47 bits per heavy atom. The highest BCUT2D eigenvalue weighted by Gasteiger charge is 2.06. The van der Waals surface area contributed by atoms with Crippen molar-refractivity contribution in [2.45, 2.75) is 6.54 Å². The number of nitrogens with one attached hydrogen (secondary N) is 2. The van der Waals surface area contributed by atoms with Crippen molar-refractivity contribution in [2.24, 2.45) is 0 Å². The maximum absolute atomic E-state index is 11.5. The van der Waals surface area contributed by atoms with E-state index in [1.54, 1.807) is 24.2 Å². The fourth-order valence-corrected chi connectivity index (χ4v) is 1.43. The molecule has 0 saturated carbocycles. The first-order valence-electron chi connectivity index (χ1n) is 5.04. The van der Waals surface area contributed by atoms with Crippen LogP contribution in [0.25, 0.3) is 11.1 Å². The van der Waals surface area contributed by atoms with Gasteiger partial charge in [-0.2, -0.15) is 5.10 Å². The summed E-state index contributed by atoms with van der Waals surface area (Å²) in [6, 6.07) is 0. The lowest BCUT2D eigenvalue weighted by Gasteiger charge is -1.98. The number of aromatic amines is 2. The number of H-pyrrole nitrogens is 2. The van der Waals surface area contributed by atoms with Crippen LogP contribution in [0, 0.1) is 0 Å². The van der Waals surface area contributed by atoms with Crippen LogP contribution in [0.15, 0.2) is 28.2 Å². The second kappa shape index (κ2) is 4.79. The highest BCUT2D eigenvalue weighted by Crippen LogP contribution is 2.11. The van der Waals surface area contributed by atoms with Gasteiger partial charge in [-0.1, -0.05) is 0 Å². The van der Waals surface area contributed by atoms with Crippen molar-refractivity contribution in [3.8, 4) is 11.1 Å². The molecule has 2 rings (SSSR count). The van der Waals surface area contributed by atoms with Crippen molar-refractivity contribution < 1.29 is 4.74 Å². The molecule has 0 aromatic carbocycles. The van der Waals surface area contributed by atoms with Crippen LogP contribution in [0.2, 0.25) is 0 Å². The molecule has 0 spiro atoms. The lowest BCUT2D eigenvalue weighted by molar-refractivity contribution is 0.183. The van der Waals surface area contributed by atoms with E-state index >= 15 is 0 Å². The minimum Gasteiger partial charge on any atom is -0.383 e. The van der Waals surface area contributed by atoms with Crippen LogP contribution in [0.3, 0.4) is 0 Å². The minimum absolute atomic E-state index is 0.383. The molecule has 0 atom stereocenters. The van der Waals surface area contributed by atoms with Crippen LogP contribution in [-0.4, -0.2) is 33.5 Å². The van der Waals surface area contributed by atoms with Crippen LogP contribution in [-0.2, 0) is 11.3 Å². The summed E-state index contributed by atoms with van der Waals surface area (Å²) in [4.78, 5) is 27.0. The number of rotatable bonds is 4. The normalized spacial score (nSPS) is 10.6. The van der Waals surface area contributed by atoms with E-state index in [1.165, 1.54) is 6.20 Å². The zero-order chi connectivity index (χ0) is 12.3. The molecule has 2 N–H and O–H groups in total. The predicted octanol–water partition coefficient (Wildman–Crippen LogP) is -0.427. The number of nitrogens with zero attached hydrogens (tertiary/aromatic N) is 2. The standard InChI is InChI=1S/C10H12N4O3/c1-17-3-2-14-6-7(4-12-14)8-5-11-10(16)13-9(8)15/h4-6H,2-3H2,1H3,(H2,11,13,15,16). The van der Waals surface area contributed by atoms with Gasteiger partial charge in [0.05, 0.1) is 24.9 Å². The van der Waals surface area contributed by atoms with Gasteiger partial charge >= 0.3 is 5.69 Å². The Morgan fingerprint density at radius 2 is 2.29 bits per heavy atom. The van der Waals surface area contributed by atoms with Crippen molar-refractivity contribution in [3.63, 3.8) is 0 Å². The first-order chi connectivity index (χ1) is 8.20. The van der Waals surface area contributed by atoms with Crippen LogP contribution in [0.4, 0.5) is 0 Å². The van der Waals surface area contributed by atoms with Crippen molar-refractivity contribution >= 4 is 0 Å². The number of aromatic nitrogens is 4. The van der Waals surface area contributed by atoms with Gasteiger partial charge in [-0.15, -0.1) is 0 Å². The van der Waals surface area contributed by atoms with Gasteiger partial charge in [0, 0.05) is 25.1 Å². The molecule has 0 aliphatic heterocycles. The number of ether oxygens (including phenoxy) is 1. The summed E-state index contributed by atoms with van der Waals surface area (Å²) in [5.74, 6) is 0. The van der Waals surface area contributed by atoms with Crippen LogP contribution >= 0.6 is 0 Å². The topological polar surface area (TPSA) is 92.8 Å². The van der Waals surface area contributed by atoms with E-state index < -0.39 is 11.2 Å². The summed E-state index contributed by atoms with van der Waals surface area (Å²) < 4.78 is 6.59. The number of hydrogen-bond acceptors (Lipinski definition) is 4. The van der Waals surface area contributed by atoms with Gasteiger partial charge in [0.2, 0.25) is 0 Å². The minimum atomic E-state index is -0.523. The van der Waals surface area contributed by atoms with Gasteiger partial charge in [-0.3, -0.25) is 14.5 Å². The first-order valence-corrected chi connectivity index (χ1v) is 5.04. The summed E-state index contributed by atoms with van der Waals surface area (Å²) in [6.07, 6.45) is 4.67. The van der Waals surface area contributed by atoms with Crippen molar-refractivity contribution in [1.29, 1.82) is 0 Å². The third-order valence-electron chi connectivity index (χ3n) is 2.29. The molecule has 2 heterocycles. The highest BCUT2D eigenvalue weighted by molar-refractivity contribution is 5.58. The average molecular weight is 236 g/mol. The maximum atomic E-state index is 11.5. The van der Waals surface area contributed by atoms with E-state index in [0.29, 0.717) is 24.3 Å². The molecule has 0 aliphatic rings. The van der Waals surface area contributed by atoms with E-state index in [9.17, 15) is 9.59 Å². The quantitative estimate of drug-likeness (QED) is 0.753. The Kier molecular flexibility index (Phi) is 3.20. The van der Waals surface area contributed by atoms with Crippen LogP contribution < -0.4 is 11.2 Å². The monoisotopic (exact) mass is 236 g/mol. The van der Waals surface area contributed by atoms with Crippen molar-refractivity contribution in [2.75, 3.05) is 13.7 Å². The van der Waals surface area contributed by atoms with Gasteiger partial charge < -0.3 is 9.72 Å². The SMILES string of the molecule is COCCn1cc(-c2c[nH]c(=O)[nH]c2=O)cn1. The molecule has 0 amide bonds. The molecule has 7 heteroatoms. The Morgan fingerprint density at radius 3 is 3.00 bits per heavy atom. The zero-order valence-electron chi connectivity index (χ0n) is 9.27. The molecule has 17 heavy (non-hydrogen) atoms. The lowest BCUT2D eigenvalue weighted by Crippen LogP contribution is -2.22. The molecule has 0 aliphatic carbocycles. The van der Waals surface area contributed by atoms with Crippen molar-refractivity contribution in [3.05, 3.63) is 39.4 Å².